The summed E-state index contributed by atoms with van der Waals surface area (Å²) in [4.78, 5) is 26.9. The van der Waals surface area contributed by atoms with Crippen molar-refractivity contribution in [2.75, 3.05) is 18.4 Å². The Morgan fingerprint density at radius 3 is 2.72 bits per heavy atom. The maximum atomic E-state index is 14.3. The summed E-state index contributed by atoms with van der Waals surface area (Å²) in [6, 6.07) is 4.39. The third-order valence-corrected chi connectivity index (χ3v) is 7.41. The van der Waals surface area contributed by atoms with Crippen LogP contribution in [0.3, 0.4) is 0 Å². The van der Waals surface area contributed by atoms with Gasteiger partial charge in [0, 0.05) is 61.6 Å². The third-order valence-electron chi connectivity index (χ3n) is 7.41. The molecule has 6 rings (SSSR count). The lowest BCUT2D eigenvalue weighted by Gasteiger charge is -2.32. The highest BCUT2D eigenvalue weighted by molar-refractivity contribution is 5.96. The number of hydrogen-bond donors (Lipinski definition) is 3. The van der Waals surface area contributed by atoms with Crippen LogP contribution in [-0.2, 0) is 7.05 Å². The topological polar surface area (TPSA) is 90.9 Å². The van der Waals surface area contributed by atoms with Crippen molar-refractivity contribution in [1.82, 2.24) is 29.7 Å². The number of aromatic nitrogens is 4. The molecular weight excluding hydrogens is 464 g/mol. The molecule has 3 aromatic heterocycles. The number of aromatic amines is 1. The summed E-state index contributed by atoms with van der Waals surface area (Å²) in [7, 11) is 1.90. The Bertz CT molecular complexity index is 1440. The SMILES string of the molecule is Cn1ccc2c(NC3CCCC(NC(=O)N4CCCC4)C3)nc(-c3c[nH]c4c(F)cc(F)cc34)nc21. The van der Waals surface area contributed by atoms with Crippen LogP contribution >= 0.6 is 0 Å². The van der Waals surface area contributed by atoms with Crippen LogP contribution < -0.4 is 10.6 Å². The molecular formula is C26H29F2N7O. The molecule has 4 heterocycles. The summed E-state index contributed by atoms with van der Waals surface area (Å²) < 4.78 is 30.2. The zero-order valence-corrected chi connectivity index (χ0v) is 20.2. The summed E-state index contributed by atoms with van der Waals surface area (Å²) in [5.41, 5.74) is 1.48. The third kappa shape index (κ3) is 4.14. The second kappa shape index (κ2) is 9.07. The van der Waals surface area contributed by atoms with Crippen molar-refractivity contribution in [3.63, 3.8) is 0 Å². The van der Waals surface area contributed by atoms with Gasteiger partial charge in [0.15, 0.2) is 5.82 Å². The second-order valence-electron chi connectivity index (χ2n) is 9.92. The number of halogens is 2. The van der Waals surface area contributed by atoms with Gasteiger partial charge in [-0.25, -0.2) is 23.5 Å². The number of nitrogens with one attached hydrogen (secondary N) is 3. The monoisotopic (exact) mass is 493 g/mol. The van der Waals surface area contributed by atoms with Gasteiger partial charge in [0.05, 0.1) is 10.9 Å². The molecule has 4 aromatic rings. The Morgan fingerprint density at radius 1 is 1.08 bits per heavy atom. The quantitative estimate of drug-likeness (QED) is 0.376. The number of H-pyrrole nitrogens is 1. The summed E-state index contributed by atoms with van der Waals surface area (Å²) in [6.07, 6.45) is 9.40. The fraction of sp³-hybridized carbons (Fsp3) is 0.423. The second-order valence-corrected chi connectivity index (χ2v) is 9.92. The molecule has 1 saturated heterocycles. The molecule has 0 radical (unpaired) electrons. The predicted octanol–water partition coefficient (Wildman–Crippen LogP) is 4.92. The average molecular weight is 494 g/mol. The Kier molecular flexibility index (Phi) is 5.73. The Balaban J connectivity index is 1.29. The van der Waals surface area contributed by atoms with Crippen LogP contribution in [0.1, 0.15) is 38.5 Å². The van der Waals surface area contributed by atoms with Crippen LogP contribution in [0.5, 0.6) is 0 Å². The first-order chi connectivity index (χ1) is 17.5. The first-order valence-corrected chi connectivity index (χ1v) is 12.6. The molecule has 1 aliphatic carbocycles. The van der Waals surface area contributed by atoms with Crippen molar-refractivity contribution in [1.29, 1.82) is 0 Å². The Morgan fingerprint density at radius 2 is 1.89 bits per heavy atom. The number of benzene rings is 1. The van der Waals surface area contributed by atoms with Gasteiger partial charge >= 0.3 is 6.03 Å². The molecule has 2 aliphatic rings. The van der Waals surface area contributed by atoms with Gasteiger partial charge in [-0.05, 0) is 50.7 Å². The van der Waals surface area contributed by atoms with Crippen molar-refractivity contribution < 1.29 is 13.6 Å². The summed E-state index contributed by atoms with van der Waals surface area (Å²) in [5, 5.41) is 8.09. The minimum absolute atomic E-state index is 0.0340. The van der Waals surface area contributed by atoms with Gasteiger partial charge in [0.1, 0.15) is 23.1 Å². The normalized spacial score (nSPS) is 20.4. The van der Waals surface area contributed by atoms with Crippen LogP contribution in [0.2, 0.25) is 0 Å². The van der Waals surface area contributed by atoms with Gasteiger partial charge in [-0.3, -0.25) is 0 Å². The van der Waals surface area contributed by atoms with E-state index in [4.69, 9.17) is 9.97 Å². The summed E-state index contributed by atoms with van der Waals surface area (Å²) in [5.74, 6) is -0.238. The van der Waals surface area contributed by atoms with E-state index in [-0.39, 0.29) is 23.6 Å². The number of aryl methyl sites for hydroxylation is 1. The van der Waals surface area contributed by atoms with Gasteiger partial charge < -0.3 is 25.1 Å². The standard InChI is InChI=1S/C26H29F2N7O/c1-34-10-7-18-23(30-16-5-4-6-17(13-16)31-26(36)35-8-2-3-9-35)32-24(33-25(18)34)20-14-29-22-19(20)11-15(27)12-21(22)28/h7,10-12,14,16-17,29H,2-6,8-9,13H2,1H3,(H,31,36)(H,30,32,33). The van der Waals surface area contributed by atoms with E-state index in [0.717, 1.165) is 68.7 Å². The van der Waals surface area contributed by atoms with E-state index in [0.29, 0.717) is 22.6 Å². The molecule has 1 saturated carbocycles. The van der Waals surface area contributed by atoms with E-state index in [2.05, 4.69) is 15.6 Å². The minimum Gasteiger partial charge on any atom is -0.367 e. The molecule has 1 aliphatic heterocycles. The average Bonchev–Trinajstić information content (AvgIpc) is 3.60. The van der Waals surface area contributed by atoms with Crippen LogP contribution in [0.25, 0.3) is 33.3 Å². The van der Waals surface area contributed by atoms with E-state index >= 15 is 0 Å². The molecule has 2 atom stereocenters. The predicted molar refractivity (Wildman–Crippen MR) is 135 cm³/mol. The smallest absolute Gasteiger partial charge is 0.317 e. The number of rotatable bonds is 4. The zero-order chi connectivity index (χ0) is 24.8. The first-order valence-electron chi connectivity index (χ1n) is 12.6. The van der Waals surface area contributed by atoms with E-state index in [1.165, 1.54) is 6.07 Å². The molecule has 2 amide bonds. The molecule has 2 unspecified atom stereocenters. The largest absolute Gasteiger partial charge is 0.367 e. The van der Waals surface area contributed by atoms with E-state index in [1.807, 2.05) is 28.8 Å². The zero-order valence-electron chi connectivity index (χ0n) is 20.2. The molecule has 8 nitrogen and oxygen atoms in total. The Hall–Kier alpha value is -3.69. The number of carbonyl (C=O) groups is 1. The number of likely N-dealkylation sites (tertiary alicyclic amines) is 1. The molecule has 0 spiro atoms. The van der Waals surface area contributed by atoms with Crippen molar-refractivity contribution in [2.45, 2.75) is 50.6 Å². The first kappa shape index (κ1) is 22.8. The maximum Gasteiger partial charge on any atom is 0.317 e. The lowest BCUT2D eigenvalue weighted by Crippen LogP contribution is -2.47. The van der Waals surface area contributed by atoms with E-state index in [9.17, 15) is 13.6 Å². The van der Waals surface area contributed by atoms with Crippen LogP contribution in [0.15, 0.2) is 30.6 Å². The number of nitrogens with zero attached hydrogens (tertiary/aromatic N) is 4. The van der Waals surface area contributed by atoms with Gasteiger partial charge in [-0.2, -0.15) is 0 Å². The molecule has 3 N–H and O–H groups in total. The molecule has 36 heavy (non-hydrogen) atoms. The van der Waals surface area contributed by atoms with Gasteiger partial charge in [-0.1, -0.05) is 0 Å². The number of amides is 2. The fourth-order valence-electron chi connectivity index (χ4n) is 5.54. The van der Waals surface area contributed by atoms with Crippen LogP contribution in [0.4, 0.5) is 19.4 Å². The van der Waals surface area contributed by atoms with Gasteiger partial charge in [0.25, 0.3) is 0 Å². The highest BCUT2D eigenvalue weighted by atomic mass is 19.1. The number of anilines is 1. The van der Waals surface area contributed by atoms with Crippen molar-refractivity contribution in [3.8, 4) is 11.4 Å². The lowest BCUT2D eigenvalue weighted by atomic mass is 9.91. The highest BCUT2D eigenvalue weighted by Crippen LogP contribution is 2.33. The molecule has 2 fully saturated rings. The van der Waals surface area contributed by atoms with E-state index < -0.39 is 11.6 Å². The number of carbonyl (C=O) groups excluding carboxylic acids is 1. The Labute approximate surface area is 207 Å². The van der Waals surface area contributed by atoms with E-state index in [1.54, 1.807) is 6.20 Å². The van der Waals surface area contributed by atoms with Gasteiger partial charge in [0.2, 0.25) is 0 Å². The molecule has 188 valence electrons. The lowest BCUT2D eigenvalue weighted by molar-refractivity contribution is 0.200. The summed E-state index contributed by atoms with van der Waals surface area (Å²) >= 11 is 0. The van der Waals surface area contributed by atoms with Crippen LogP contribution in [0, 0.1) is 11.6 Å². The minimum atomic E-state index is -0.654. The number of fused-ring (bicyclic) bond motifs is 2. The molecule has 0 bridgehead atoms. The van der Waals surface area contributed by atoms with Gasteiger partial charge in [-0.15, -0.1) is 0 Å². The van der Waals surface area contributed by atoms with Crippen LogP contribution in [-0.4, -0.2) is 55.6 Å². The van der Waals surface area contributed by atoms with Crippen molar-refractivity contribution >= 4 is 33.8 Å². The summed E-state index contributed by atoms with van der Waals surface area (Å²) in [6.45, 7) is 1.66. The number of hydrogen-bond acceptors (Lipinski definition) is 4. The van der Waals surface area contributed by atoms with Crippen molar-refractivity contribution in [3.05, 3.63) is 42.2 Å². The number of urea groups is 1. The maximum absolute atomic E-state index is 14.3. The van der Waals surface area contributed by atoms with Crippen molar-refractivity contribution in [2.24, 2.45) is 7.05 Å². The highest BCUT2D eigenvalue weighted by Gasteiger charge is 2.27. The molecule has 1 aromatic carbocycles. The fourth-order valence-corrected chi connectivity index (χ4v) is 5.54. The molecule has 10 heteroatoms.